The highest BCUT2D eigenvalue weighted by molar-refractivity contribution is 9.10. The highest BCUT2D eigenvalue weighted by atomic mass is 79.9. The first kappa shape index (κ1) is 8.93. The van der Waals surface area contributed by atoms with Crippen LogP contribution in [0.15, 0.2) is 22.7 Å². The molecule has 3 rings (SSSR count). The van der Waals surface area contributed by atoms with Crippen LogP contribution in [0.25, 0.3) is 0 Å². The number of fused-ring (bicyclic) bond motifs is 1. The third-order valence-corrected chi connectivity index (χ3v) is 3.77. The molecule has 2 heteroatoms. The monoisotopic (exact) mass is 251 g/mol. The molecule has 1 heterocycles. The highest BCUT2D eigenvalue weighted by Gasteiger charge is 2.30. The normalized spacial score (nSPS) is 22.1. The Kier molecular flexibility index (Phi) is 2.14. The van der Waals surface area contributed by atoms with Gasteiger partial charge in [-0.2, -0.15) is 0 Å². The first-order valence-electron chi connectivity index (χ1n) is 5.34. The van der Waals surface area contributed by atoms with Crippen LogP contribution in [0.4, 0.5) is 0 Å². The zero-order valence-corrected chi connectivity index (χ0v) is 9.76. The predicted molar refractivity (Wildman–Crippen MR) is 61.3 cm³/mol. The van der Waals surface area contributed by atoms with Gasteiger partial charge in [-0.15, -0.1) is 0 Å². The van der Waals surface area contributed by atoms with Crippen LogP contribution in [-0.4, -0.2) is 17.5 Å². The van der Waals surface area contributed by atoms with E-state index in [-0.39, 0.29) is 0 Å². The van der Waals surface area contributed by atoms with Gasteiger partial charge in [-0.1, -0.05) is 22.0 Å². The third-order valence-electron chi connectivity index (χ3n) is 3.27. The Labute approximate surface area is 93.2 Å². The molecule has 74 valence electrons. The van der Waals surface area contributed by atoms with Gasteiger partial charge in [0, 0.05) is 23.6 Å². The predicted octanol–water partition coefficient (Wildman–Crippen LogP) is 2.97. The number of benzene rings is 1. The summed E-state index contributed by atoms with van der Waals surface area (Å²) in [5.74, 6) is 0. The average molecular weight is 252 g/mol. The summed E-state index contributed by atoms with van der Waals surface area (Å²) in [4.78, 5) is 2.63. The fourth-order valence-corrected chi connectivity index (χ4v) is 2.71. The lowest BCUT2D eigenvalue weighted by atomic mass is 10.00. The second-order valence-corrected chi connectivity index (χ2v) is 5.28. The number of nitrogens with zero attached hydrogens (tertiary/aromatic N) is 1. The first-order valence-corrected chi connectivity index (χ1v) is 6.13. The van der Waals surface area contributed by atoms with Gasteiger partial charge in [0.2, 0.25) is 0 Å². The van der Waals surface area contributed by atoms with Gasteiger partial charge in [-0.3, -0.25) is 4.90 Å². The van der Waals surface area contributed by atoms with Crippen LogP contribution in [0.1, 0.15) is 24.0 Å². The molecule has 0 atom stereocenters. The first-order chi connectivity index (χ1) is 6.83. The molecule has 0 saturated heterocycles. The minimum atomic E-state index is 0.905. The number of rotatable bonds is 1. The molecule has 0 unspecified atom stereocenters. The van der Waals surface area contributed by atoms with Crippen molar-refractivity contribution < 1.29 is 0 Å². The quantitative estimate of drug-likeness (QED) is 0.742. The van der Waals surface area contributed by atoms with Gasteiger partial charge in [-0.25, -0.2) is 0 Å². The number of hydrogen-bond donors (Lipinski definition) is 0. The summed E-state index contributed by atoms with van der Waals surface area (Å²) in [6, 6.07) is 7.61. The topological polar surface area (TPSA) is 3.24 Å². The standard InChI is InChI=1S/C12H14BrN/c13-11-2-1-9-5-6-14(12-3-4-12)8-10(9)7-11/h1-2,7,12H,3-6,8H2. The van der Waals surface area contributed by atoms with Gasteiger partial charge in [0.05, 0.1) is 0 Å². The lowest BCUT2D eigenvalue weighted by molar-refractivity contribution is 0.243. The van der Waals surface area contributed by atoms with E-state index in [2.05, 4.69) is 39.0 Å². The Balaban J connectivity index is 1.88. The van der Waals surface area contributed by atoms with Crippen LogP contribution in [0.5, 0.6) is 0 Å². The molecule has 1 aromatic carbocycles. The Bertz CT molecular complexity index is 357. The lowest BCUT2D eigenvalue weighted by Gasteiger charge is -2.28. The second kappa shape index (κ2) is 3.35. The minimum absolute atomic E-state index is 0.905. The zero-order valence-electron chi connectivity index (χ0n) is 8.17. The molecule has 14 heavy (non-hydrogen) atoms. The Morgan fingerprint density at radius 1 is 1.21 bits per heavy atom. The molecule has 0 N–H and O–H groups in total. The Morgan fingerprint density at radius 2 is 2.07 bits per heavy atom. The number of halogens is 1. The summed E-state index contributed by atoms with van der Waals surface area (Å²) in [7, 11) is 0. The van der Waals surface area contributed by atoms with Crippen molar-refractivity contribution in [1.82, 2.24) is 4.90 Å². The third kappa shape index (κ3) is 1.61. The van der Waals surface area contributed by atoms with Crippen LogP contribution in [0.3, 0.4) is 0 Å². The molecule has 1 aliphatic carbocycles. The Morgan fingerprint density at radius 3 is 2.86 bits per heavy atom. The Hall–Kier alpha value is -0.340. The van der Waals surface area contributed by atoms with E-state index in [0.717, 1.165) is 6.04 Å². The largest absolute Gasteiger partial charge is 0.296 e. The molecule has 1 aliphatic heterocycles. The smallest absolute Gasteiger partial charge is 0.0239 e. The molecule has 0 amide bonds. The number of hydrogen-bond acceptors (Lipinski definition) is 1. The van der Waals surface area contributed by atoms with Crippen LogP contribution in [0, 0.1) is 0 Å². The summed E-state index contributed by atoms with van der Waals surface area (Å²) >= 11 is 3.54. The van der Waals surface area contributed by atoms with Crippen molar-refractivity contribution in [2.75, 3.05) is 6.54 Å². The zero-order chi connectivity index (χ0) is 9.54. The maximum atomic E-state index is 3.54. The van der Waals surface area contributed by atoms with Crippen molar-refractivity contribution in [3.05, 3.63) is 33.8 Å². The van der Waals surface area contributed by atoms with Crippen LogP contribution >= 0.6 is 15.9 Å². The van der Waals surface area contributed by atoms with Gasteiger partial charge < -0.3 is 0 Å². The van der Waals surface area contributed by atoms with E-state index in [9.17, 15) is 0 Å². The molecule has 1 fully saturated rings. The van der Waals surface area contributed by atoms with Gasteiger partial charge in [0.15, 0.2) is 0 Å². The van der Waals surface area contributed by atoms with Crippen molar-refractivity contribution in [2.24, 2.45) is 0 Å². The van der Waals surface area contributed by atoms with E-state index >= 15 is 0 Å². The maximum Gasteiger partial charge on any atom is 0.0239 e. The maximum absolute atomic E-state index is 3.54. The highest BCUT2D eigenvalue weighted by Crippen LogP contribution is 2.32. The van der Waals surface area contributed by atoms with E-state index in [1.807, 2.05) is 0 Å². The molecule has 1 saturated carbocycles. The van der Waals surface area contributed by atoms with E-state index < -0.39 is 0 Å². The summed E-state index contributed by atoms with van der Waals surface area (Å²) in [5.41, 5.74) is 3.07. The summed E-state index contributed by atoms with van der Waals surface area (Å²) in [6.45, 7) is 2.43. The van der Waals surface area contributed by atoms with Crippen molar-refractivity contribution in [1.29, 1.82) is 0 Å². The fraction of sp³-hybridized carbons (Fsp3) is 0.500. The van der Waals surface area contributed by atoms with Crippen molar-refractivity contribution in [2.45, 2.75) is 31.8 Å². The van der Waals surface area contributed by atoms with Crippen LogP contribution in [-0.2, 0) is 13.0 Å². The van der Waals surface area contributed by atoms with Crippen molar-refractivity contribution >= 4 is 15.9 Å². The van der Waals surface area contributed by atoms with E-state index in [0.29, 0.717) is 0 Å². The molecule has 0 aromatic heterocycles. The van der Waals surface area contributed by atoms with E-state index in [1.54, 1.807) is 5.56 Å². The van der Waals surface area contributed by atoms with Crippen molar-refractivity contribution in [3.63, 3.8) is 0 Å². The summed E-state index contributed by atoms with van der Waals surface area (Å²) in [5, 5.41) is 0. The van der Waals surface area contributed by atoms with Gasteiger partial charge in [0.25, 0.3) is 0 Å². The fourth-order valence-electron chi connectivity index (χ4n) is 2.30. The second-order valence-electron chi connectivity index (χ2n) is 4.36. The molecule has 1 nitrogen and oxygen atoms in total. The average Bonchev–Trinajstić information content (AvgIpc) is 3.00. The molecule has 2 aliphatic rings. The van der Waals surface area contributed by atoms with Crippen LogP contribution < -0.4 is 0 Å². The van der Waals surface area contributed by atoms with Gasteiger partial charge >= 0.3 is 0 Å². The molecular weight excluding hydrogens is 238 g/mol. The molecule has 0 bridgehead atoms. The van der Waals surface area contributed by atoms with Gasteiger partial charge in [-0.05, 0) is 42.5 Å². The summed E-state index contributed by atoms with van der Waals surface area (Å²) < 4.78 is 1.22. The molecular formula is C12H14BrN. The minimum Gasteiger partial charge on any atom is -0.296 e. The molecule has 1 aromatic rings. The molecule has 0 radical (unpaired) electrons. The van der Waals surface area contributed by atoms with Crippen molar-refractivity contribution in [3.8, 4) is 0 Å². The van der Waals surface area contributed by atoms with Gasteiger partial charge in [0.1, 0.15) is 0 Å². The van der Waals surface area contributed by atoms with Crippen LogP contribution in [0.2, 0.25) is 0 Å². The molecule has 0 spiro atoms. The summed E-state index contributed by atoms with van der Waals surface area (Å²) in [6.07, 6.45) is 4.08. The lowest BCUT2D eigenvalue weighted by Crippen LogP contribution is -2.32. The van der Waals surface area contributed by atoms with E-state index in [1.165, 1.54) is 42.4 Å². The van der Waals surface area contributed by atoms with E-state index in [4.69, 9.17) is 0 Å². The SMILES string of the molecule is Brc1ccc2c(c1)CN(C1CC1)CC2.